The molecule has 0 heterocycles. The third-order valence-electron chi connectivity index (χ3n) is 3.45. The van der Waals surface area contributed by atoms with Crippen molar-refractivity contribution in [1.29, 1.82) is 0 Å². The molecule has 0 aliphatic heterocycles. The largest absolute Gasteiger partial charge is 0.490 e. The number of hydrogen-bond donors (Lipinski definition) is 0. The van der Waals surface area contributed by atoms with E-state index in [0.717, 1.165) is 12.2 Å². The van der Waals surface area contributed by atoms with E-state index in [9.17, 15) is 4.79 Å². The predicted molar refractivity (Wildman–Crippen MR) is 101 cm³/mol. The molecule has 2 aromatic rings. The Kier molecular flexibility index (Phi) is 7.79. The summed E-state index contributed by atoms with van der Waals surface area (Å²) < 4.78 is 17.2. The Morgan fingerprint density at radius 1 is 1.00 bits per heavy atom. The van der Waals surface area contributed by atoms with Crippen LogP contribution in [0.25, 0.3) is 0 Å². The molecule has 4 nitrogen and oxygen atoms in total. The van der Waals surface area contributed by atoms with Crippen LogP contribution in [0, 0.1) is 5.92 Å². The number of benzene rings is 2. The molecule has 0 radical (unpaired) electrons. The lowest BCUT2D eigenvalue weighted by molar-refractivity contribution is 0.0488. The quantitative estimate of drug-likeness (QED) is 0.428. The second kappa shape index (κ2) is 10.1. The summed E-state index contributed by atoms with van der Waals surface area (Å²) in [6.07, 6.45) is 0.857. The first-order chi connectivity index (χ1) is 12.1. The standard InChI is InChI=1S/C20H23BrO4/c1-15(2)10-11-25-20(22)16-8-9-19(18(21)14-16)24-13-12-23-17-6-4-3-5-7-17/h3-9,14-15H,10-13H2,1-2H3. The molecule has 0 unspecified atom stereocenters. The van der Waals surface area contributed by atoms with Gasteiger partial charge < -0.3 is 14.2 Å². The Labute approximate surface area is 157 Å². The van der Waals surface area contributed by atoms with Gasteiger partial charge in [0.15, 0.2) is 0 Å². The zero-order valence-corrected chi connectivity index (χ0v) is 16.1. The fourth-order valence-electron chi connectivity index (χ4n) is 2.04. The molecule has 5 heteroatoms. The van der Waals surface area contributed by atoms with Gasteiger partial charge in [-0.3, -0.25) is 0 Å². The lowest BCUT2D eigenvalue weighted by Crippen LogP contribution is -2.10. The Hall–Kier alpha value is -2.01. The van der Waals surface area contributed by atoms with E-state index in [-0.39, 0.29) is 5.97 Å². The van der Waals surface area contributed by atoms with Gasteiger partial charge in [0.2, 0.25) is 0 Å². The van der Waals surface area contributed by atoms with Gasteiger partial charge in [-0.05, 0) is 58.6 Å². The van der Waals surface area contributed by atoms with Crippen molar-refractivity contribution in [2.24, 2.45) is 5.92 Å². The summed E-state index contributed by atoms with van der Waals surface area (Å²) >= 11 is 3.43. The molecule has 0 saturated heterocycles. The Morgan fingerprint density at radius 2 is 1.72 bits per heavy atom. The third kappa shape index (κ3) is 6.78. The average Bonchev–Trinajstić information content (AvgIpc) is 2.60. The topological polar surface area (TPSA) is 44.8 Å². The Morgan fingerprint density at radius 3 is 2.40 bits per heavy atom. The van der Waals surface area contributed by atoms with E-state index in [1.165, 1.54) is 0 Å². The van der Waals surface area contributed by atoms with Gasteiger partial charge in [0, 0.05) is 0 Å². The molecule has 0 N–H and O–H groups in total. The van der Waals surface area contributed by atoms with Crippen LogP contribution in [0.5, 0.6) is 11.5 Å². The van der Waals surface area contributed by atoms with Crippen LogP contribution in [-0.2, 0) is 4.74 Å². The van der Waals surface area contributed by atoms with Gasteiger partial charge in [-0.2, -0.15) is 0 Å². The number of rotatable bonds is 9. The van der Waals surface area contributed by atoms with E-state index in [0.29, 0.717) is 41.5 Å². The summed E-state index contributed by atoms with van der Waals surface area (Å²) in [6, 6.07) is 14.8. The van der Waals surface area contributed by atoms with Crippen LogP contribution in [-0.4, -0.2) is 25.8 Å². The summed E-state index contributed by atoms with van der Waals surface area (Å²) in [6.45, 7) is 5.47. The van der Waals surface area contributed by atoms with Gasteiger partial charge >= 0.3 is 5.97 Å². The Balaban J connectivity index is 1.79. The molecule has 0 amide bonds. The van der Waals surface area contributed by atoms with Crippen LogP contribution in [0.1, 0.15) is 30.6 Å². The predicted octanol–water partition coefficient (Wildman–Crippen LogP) is 5.11. The SMILES string of the molecule is CC(C)CCOC(=O)c1ccc(OCCOc2ccccc2)c(Br)c1. The highest BCUT2D eigenvalue weighted by Gasteiger charge is 2.11. The molecule has 0 aromatic heterocycles. The third-order valence-corrected chi connectivity index (χ3v) is 4.07. The normalized spacial score (nSPS) is 10.6. The lowest BCUT2D eigenvalue weighted by atomic mass is 10.1. The van der Waals surface area contributed by atoms with Crippen molar-refractivity contribution in [3.8, 4) is 11.5 Å². The van der Waals surface area contributed by atoms with Crippen molar-refractivity contribution in [2.75, 3.05) is 19.8 Å². The summed E-state index contributed by atoms with van der Waals surface area (Å²) in [7, 11) is 0. The number of para-hydroxylation sites is 1. The number of carbonyl (C=O) groups is 1. The first-order valence-corrected chi connectivity index (χ1v) is 9.13. The van der Waals surface area contributed by atoms with Crippen molar-refractivity contribution >= 4 is 21.9 Å². The summed E-state index contributed by atoms with van der Waals surface area (Å²) in [5, 5.41) is 0. The number of esters is 1. The van der Waals surface area contributed by atoms with Crippen molar-refractivity contribution in [3.63, 3.8) is 0 Å². The maximum atomic E-state index is 12.0. The molecule has 2 rings (SSSR count). The minimum atomic E-state index is -0.319. The molecule has 0 spiro atoms. The van der Waals surface area contributed by atoms with Crippen molar-refractivity contribution in [2.45, 2.75) is 20.3 Å². The van der Waals surface area contributed by atoms with Crippen LogP contribution in [0.2, 0.25) is 0 Å². The number of halogens is 1. The minimum Gasteiger partial charge on any atom is -0.490 e. The van der Waals surface area contributed by atoms with Gasteiger partial charge in [0.1, 0.15) is 24.7 Å². The molecule has 0 bridgehead atoms. The van der Waals surface area contributed by atoms with Crippen molar-refractivity contribution in [3.05, 3.63) is 58.6 Å². The monoisotopic (exact) mass is 406 g/mol. The highest BCUT2D eigenvalue weighted by atomic mass is 79.9. The average molecular weight is 407 g/mol. The molecule has 0 saturated carbocycles. The minimum absolute atomic E-state index is 0.319. The molecule has 0 aliphatic carbocycles. The number of hydrogen-bond acceptors (Lipinski definition) is 4. The molecular weight excluding hydrogens is 384 g/mol. The second-order valence-electron chi connectivity index (χ2n) is 5.97. The number of carbonyl (C=O) groups excluding carboxylic acids is 1. The summed E-state index contributed by atoms with van der Waals surface area (Å²) in [5.74, 6) is 1.66. The van der Waals surface area contributed by atoms with E-state index >= 15 is 0 Å². The maximum Gasteiger partial charge on any atom is 0.338 e. The molecule has 0 fully saturated rings. The van der Waals surface area contributed by atoms with Gasteiger partial charge in [-0.1, -0.05) is 32.0 Å². The smallest absolute Gasteiger partial charge is 0.338 e. The highest BCUT2D eigenvalue weighted by molar-refractivity contribution is 9.10. The second-order valence-corrected chi connectivity index (χ2v) is 6.83. The first kappa shape index (κ1) is 19.3. The Bertz CT molecular complexity index is 671. The summed E-state index contributed by atoms with van der Waals surface area (Å²) in [5.41, 5.74) is 0.503. The van der Waals surface area contributed by atoms with Crippen LogP contribution in [0.15, 0.2) is 53.0 Å². The van der Waals surface area contributed by atoms with Gasteiger partial charge in [0.25, 0.3) is 0 Å². The van der Waals surface area contributed by atoms with E-state index in [2.05, 4.69) is 29.8 Å². The van der Waals surface area contributed by atoms with Gasteiger partial charge in [0.05, 0.1) is 16.6 Å². The van der Waals surface area contributed by atoms with E-state index in [4.69, 9.17) is 14.2 Å². The molecule has 0 aliphatic rings. The highest BCUT2D eigenvalue weighted by Crippen LogP contribution is 2.26. The van der Waals surface area contributed by atoms with Crippen LogP contribution < -0.4 is 9.47 Å². The van der Waals surface area contributed by atoms with Gasteiger partial charge in [-0.25, -0.2) is 4.79 Å². The molecular formula is C20H23BrO4. The zero-order chi connectivity index (χ0) is 18.1. The number of ether oxygens (including phenoxy) is 3. The van der Waals surface area contributed by atoms with Crippen LogP contribution in [0.4, 0.5) is 0 Å². The fourth-order valence-corrected chi connectivity index (χ4v) is 2.54. The molecule has 25 heavy (non-hydrogen) atoms. The molecule has 2 aromatic carbocycles. The zero-order valence-electron chi connectivity index (χ0n) is 14.5. The fraction of sp³-hybridized carbons (Fsp3) is 0.350. The van der Waals surface area contributed by atoms with Crippen LogP contribution in [0.3, 0.4) is 0 Å². The van der Waals surface area contributed by atoms with Crippen molar-refractivity contribution in [1.82, 2.24) is 0 Å². The molecule has 0 atom stereocenters. The lowest BCUT2D eigenvalue weighted by Gasteiger charge is -2.11. The van der Waals surface area contributed by atoms with E-state index in [1.54, 1.807) is 18.2 Å². The maximum absolute atomic E-state index is 12.0. The van der Waals surface area contributed by atoms with E-state index < -0.39 is 0 Å². The van der Waals surface area contributed by atoms with Crippen molar-refractivity contribution < 1.29 is 19.0 Å². The molecule has 134 valence electrons. The summed E-state index contributed by atoms with van der Waals surface area (Å²) in [4.78, 5) is 12.0. The first-order valence-electron chi connectivity index (χ1n) is 8.33. The van der Waals surface area contributed by atoms with E-state index in [1.807, 2.05) is 30.3 Å². The van der Waals surface area contributed by atoms with Gasteiger partial charge in [-0.15, -0.1) is 0 Å². The van der Waals surface area contributed by atoms with Crippen LogP contribution >= 0.6 is 15.9 Å².